The summed E-state index contributed by atoms with van der Waals surface area (Å²) in [6.07, 6.45) is 2.00. The van der Waals surface area contributed by atoms with Crippen molar-refractivity contribution in [3.63, 3.8) is 0 Å². The monoisotopic (exact) mass is 363 g/mol. The molecule has 8 heteroatoms. The van der Waals surface area contributed by atoms with E-state index in [1.165, 1.54) is 16.4 Å². The number of nitrogens with two attached hydrogens (primary N) is 1. The van der Waals surface area contributed by atoms with Crippen molar-refractivity contribution in [1.82, 2.24) is 20.2 Å². The third-order valence-electron chi connectivity index (χ3n) is 3.55. The summed E-state index contributed by atoms with van der Waals surface area (Å²) in [6.45, 7) is 6.65. The Labute approximate surface area is 152 Å². The van der Waals surface area contributed by atoms with Crippen LogP contribution in [-0.4, -0.2) is 39.2 Å². The van der Waals surface area contributed by atoms with E-state index >= 15 is 0 Å². The standard InChI is InChI=1S/C17H25N5O2S/c1-4-6-12(3)19-15(23)11-25-17-21-20-16(22(17)18)13-7-9-14(10-8-13)24-5-2/h7-10,12H,4-6,11,18H2,1-3H3,(H,19,23)/t12-/m1/s1. The van der Waals surface area contributed by atoms with Gasteiger partial charge in [-0.3, -0.25) is 4.79 Å². The molecule has 0 radical (unpaired) electrons. The Balaban J connectivity index is 1.97. The highest BCUT2D eigenvalue weighted by Crippen LogP contribution is 2.23. The number of nitrogen functional groups attached to an aromatic ring is 1. The highest BCUT2D eigenvalue weighted by atomic mass is 32.2. The first-order valence-corrected chi connectivity index (χ1v) is 9.39. The van der Waals surface area contributed by atoms with Gasteiger partial charge in [0.1, 0.15) is 5.75 Å². The highest BCUT2D eigenvalue weighted by Gasteiger charge is 2.14. The van der Waals surface area contributed by atoms with Crippen LogP contribution >= 0.6 is 11.8 Å². The maximum atomic E-state index is 11.9. The normalized spacial score (nSPS) is 12.0. The fourth-order valence-electron chi connectivity index (χ4n) is 2.39. The van der Waals surface area contributed by atoms with E-state index in [1.54, 1.807) is 0 Å². The second kappa shape index (κ2) is 9.31. The zero-order valence-corrected chi connectivity index (χ0v) is 15.7. The van der Waals surface area contributed by atoms with Gasteiger partial charge in [0.15, 0.2) is 5.82 Å². The molecule has 3 N–H and O–H groups in total. The van der Waals surface area contributed by atoms with Gasteiger partial charge in [0, 0.05) is 11.6 Å². The number of thioether (sulfide) groups is 1. The van der Waals surface area contributed by atoms with Crippen molar-refractivity contribution in [3.05, 3.63) is 24.3 Å². The van der Waals surface area contributed by atoms with Gasteiger partial charge >= 0.3 is 0 Å². The molecule has 0 aliphatic heterocycles. The Morgan fingerprint density at radius 1 is 1.32 bits per heavy atom. The van der Waals surface area contributed by atoms with Crippen LogP contribution in [0.25, 0.3) is 11.4 Å². The third kappa shape index (κ3) is 5.38. The van der Waals surface area contributed by atoms with Crippen LogP contribution in [0.2, 0.25) is 0 Å². The van der Waals surface area contributed by atoms with Gasteiger partial charge in [-0.25, -0.2) is 4.68 Å². The Morgan fingerprint density at radius 2 is 2.04 bits per heavy atom. The number of aromatic nitrogens is 3. The zero-order chi connectivity index (χ0) is 18.2. The van der Waals surface area contributed by atoms with Gasteiger partial charge < -0.3 is 15.9 Å². The molecule has 0 unspecified atom stereocenters. The molecule has 0 aliphatic rings. The average Bonchev–Trinajstić information content (AvgIpc) is 2.95. The second-order valence-corrected chi connectivity index (χ2v) is 6.62. The summed E-state index contributed by atoms with van der Waals surface area (Å²) in [6, 6.07) is 7.66. The van der Waals surface area contributed by atoms with E-state index < -0.39 is 0 Å². The third-order valence-corrected chi connectivity index (χ3v) is 4.49. The van der Waals surface area contributed by atoms with Gasteiger partial charge in [-0.1, -0.05) is 25.1 Å². The van der Waals surface area contributed by atoms with E-state index in [4.69, 9.17) is 10.6 Å². The molecule has 1 atom stereocenters. The van der Waals surface area contributed by atoms with E-state index in [0.717, 1.165) is 24.2 Å². The van der Waals surface area contributed by atoms with Crippen LogP contribution in [0.3, 0.4) is 0 Å². The van der Waals surface area contributed by atoms with Crippen LogP contribution in [0.5, 0.6) is 5.75 Å². The molecule has 136 valence electrons. The number of carbonyl (C=O) groups excluding carboxylic acids is 1. The van der Waals surface area contributed by atoms with E-state index in [-0.39, 0.29) is 17.7 Å². The topological polar surface area (TPSA) is 95.1 Å². The molecule has 7 nitrogen and oxygen atoms in total. The number of nitrogens with zero attached hydrogens (tertiary/aromatic N) is 3. The Bertz CT molecular complexity index is 687. The summed E-state index contributed by atoms with van der Waals surface area (Å²) in [5, 5.41) is 11.7. The molecule has 1 aromatic carbocycles. The first-order valence-electron chi connectivity index (χ1n) is 8.41. The number of benzene rings is 1. The first-order chi connectivity index (χ1) is 12.0. The fraction of sp³-hybridized carbons (Fsp3) is 0.471. The van der Waals surface area contributed by atoms with Crippen molar-refractivity contribution in [3.8, 4) is 17.1 Å². The van der Waals surface area contributed by atoms with Gasteiger partial charge in [-0.15, -0.1) is 10.2 Å². The van der Waals surface area contributed by atoms with Gasteiger partial charge in [0.25, 0.3) is 0 Å². The first kappa shape index (κ1) is 19.1. The van der Waals surface area contributed by atoms with Gasteiger partial charge in [0.2, 0.25) is 11.1 Å². The van der Waals surface area contributed by atoms with E-state index in [0.29, 0.717) is 17.6 Å². The molecule has 0 aliphatic carbocycles. The molecule has 0 bridgehead atoms. The minimum atomic E-state index is -0.0310. The number of carbonyl (C=O) groups is 1. The number of rotatable bonds is 9. The van der Waals surface area contributed by atoms with E-state index in [1.807, 2.05) is 38.1 Å². The SMILES string of the molecule is CCC[C@@H](C)NC(=O)CSc1nnc(-c2ccc(OCC)cc2)n1N. The predicted molar refractivity (Wildman–Crippen MR) is 100 cm³/mol. The quantitative estimate of drug-likeness (QED) is 0.525. The summed E-state index contributed by atoms with van der Waals surface area (Å²) in [5.74, 6) is 7.64. The molecule has 1 amide bonds. The van der Waals surface area contributed by atoms with Crippen LogP contribution in [0.15, 0.2) is 29.4 Å². The van der Waals surface area contributed by atoms with Crippen molar-refractivity contribution in [1.29, 1.82) is 0 Å². The van der Waals surface area contributed by atoms with Crippen LogP contribution in [-0.2, 0) is 4.79 Å². The lowest BCUT2D eigenvalue weighted by atomic mass is 10.2. The Hall–Kier alpha value is -2.22. The lowest BCUT2D eigenvalue weighted by Gasteiger charge is -2.12. The largest absolute Gasteiger partial charge is 0.494 e. The molecule has 2 aromatic rings. The second-order valence-electron chi connectivity index (χ2n) is 5.68. The Kier molecular flexibility index (Phi) is 7.12. The highest BCUT2D eigenvalue weighted by molar-refractivity contribution is 7.99. The maximum absolute atomic E-state index is 11.9. The number of amides is 1. The Morgan fingerprint density at radius 3 is 2.68 bits per heavy atom. The zero-order valence-electron chi connectivity index (χ0n) is 14.9. The molecule has 2 rings (SSSR count). The van der Waals surface area contributed by atoms with Crippen LogP contribution < -0.4 is 15.9 Å². The van der Waals surface area contributed by atoms with Crippen LogP contribution in [0, 0.1) is 0 Å². The van der Waals surface area contributed by atoms with Gasteiger partial charge in [-0.05, 0) is 44.5 Å². The summed E-state index contributed by atoms with van der Waals surface area (Å²) in [5.41, 5.74) is 0.839. The molecule has 1 heterocycles. The summed E-state index contributed by atoms with van der Waals surface area (Å²) in [4.78, 5) is 11.9. The van der Waals surface area contributed by atoms with Crippen molar-refractivity contribution in [2.75, 3.05) is 18.2 Å². The molecule has 0 saturated carbocycles. The molecular formula is C17H25N5O2S. The number of hydrogen-bond donors (Lipinski definition) is 2. The van der Waals surface area contributed by atoms with Crippen LogP contribution in [0.4, 0.5) is 0 Å². The van der Waals surface area contributed by atoms with E-state index in [2.05, 4.69) is 22.4 Å². The van der Waals surface area contributed by atoms with Gasteiger partial charge in [-0.2, -0.15) is 0 Å². The summed E-state index contributed by atoms with van der Waals surface area (Å²) >= 11 is 1.27. The number of ether oxygens (including phenoxy) is 1. The molecule has 0 saturated heterocycles. The van der Waals surface area contributed by atoms with Gasteiger partial charge in [0.05, 0.1) is 12.4 Å². The van der Waals surface area contributed by atoms with Crippen molar-refractivity contribution in [2.24, 2.45) is 0 Å². The van der Waals surface area contributed by atoms with Crippen molar-refractivity contribution < 1.29 is 9.53 Å². The number of hydrogen-bond acceptors (Lipinski definition) is 6. The summed E-state index contributed by atoms with van der Waals surface area (Å²) < 4.78 is 6.83. The minimum absolute atomic E-state index is 0.0310. The lowest BCUT2D eigenvalue weighted by Crippen LogP contribution is -2.33. The molecule has 25 heavy (non-hydrogen) atoms. The smallest absolute Gasteiger partial charge is 0.230 e. The fourth-order valence-corrected chi connectivity index (χ4v) is 3.06. The van der Waals surface area contributed by atoms with Crippen molar-refractivity contribution in [2.45, 2.75) is 44.8 Å². The maximum Gasteiger partial charge on any atom is 0.230 e. The average molecular weight is 363 g/mol. The molecule has 0 spiro atoms. The number of nitrogens with one attached hydrogen (secondary N) is 1. The van der Waals surface area contributed by atoms with E-state index in [9.17, 15) is 4.79 Å². The minimum Gasteiger partial charge on any atom is -0.494 e. The predicted octanol–water partition coefficient (Wildman–Crippen LogP) is 2.45. The summed E-state index contributed by atoms with van der Waals surface area (Å²) in [7, 11) is 0. The molecule has 0 fully saturated rings. The van der Waals surface area contributed by atoms with Crippen LogP contribution in [0.1, 0.15) is 33.6 Å². The van der Waals surface area contributed by atoms with Crippen molar-refractivity contribution >= 4 is 17.7 Å². The molecule has 1 aromatic heterocycles. The molecular weight excluding hydrogens is 338 g/mol. The lowest BCUT2D eigenvalue weighted by molar-refractivity contribution is -0.119.